The summed E-state index contributed by atoms with van der Waals surface area (Å²) in [5.74, 6) is 5.00. The van der Waals surface area contributed by atoms with Crippen LogP contribution in [0.1, 0.15) is 22.7 Å². The van der Waals surface area contributed by atoms with Gasteiger partial charge in [-0.1, -0.05) is 48.4 Å². The number of hydrogen-bond donors (Lipinski definition) is 2. The van der Waals surface area contributed by atoms with E-state index < -0.39 is 6.10 Å². The molecule has 2 N–H and O–H groups in total. The second-order valence-electron chi connectivity index (χ2n) is 5.04. The second kappa shape index (κ2) is 5.82. The van der Waals surface area contributed by atoms with Gasteiger partial charge in [-0.05, 0) is 23.3 Å². The van der Waals surface area contributed by atoms with Crippen LogP contribution in [0, 0.1) is 11.8 Å². The van der Waals surface area contributed by atoms with E-state index in [1.54, 1.807) is 0 Å². The number of carbonyl (C=O) groups is 1. The van der Waals surface area contributed by atoms with Crippen LogP contribution in [0.15, 0.2) is 54.6 Å². The van der Waals surface area contributed by atoms with Crippen molar-refractivity contribution < 1.29 is 9.90 Å². The molecule has 3 nitrogen and oxygen atoms in total. The first kappa shape index (κ1) is 13.4. The van der Waals surface area contributed by atoms with Crippen molar-refractivity contribution in [3.05, 3.63) is 71.3 Å². The van der Waals surface area contributed by atoms with Crippen LogP contribution >= 0.6 is 0 Å². The molecule has 0 spiro atoms. The number of carbonyl (C=O) groups excluding carboxylic acids is 1. The summed E-state index contributed by atoms with van der Waals surface area (Å²) in [4.78, 5) is 11.9. The van der Waals surface area contributed by atoms with Crippen molar-refractivity contribution in [3.63, 3.8) is 0 Å². The Labute approximate surface area is 123 Å². The number of nitrogens with one attached hydrogen (secondary N) is 1. The van der Waals surface area contributed by atoms with Crippen molar-refractivity contribution in [2.75, 3.05) is 0 Å². The Bertz CT molecular complexity index is 713. The third-order valence-corrected chi connectivity index (χ3v) is 3.58. The first-order chi connectivity index (χ1) is 10.2. The quantitative estimate of drug-likeness (QED) is 0.781. The highest BCUT2D eigenvalue weighted by atomic mass is 16.3. The number of rotatable bonds is 1. The molecular formula is C18H15NO2. The van der Waals surface area contributed by atoms with Crippen LogP contribution in [-0.4, -0.2) is 17.1 Å². The molecule has 0 saturated heterocycles. The van der Waals surface area contributed by atoms with Crippen LogP contribution in [0.3, 0.4) is 0 Å². The summed E-state index contributed by atoms with van der Waals surface area (Å²) < 4.78 is 0. The molecule has 1 aliphatic carbocycles. The smallest absolute Gasteiger partial charge is 0.296 e. The number of amides is 1. The average Bonchev–Trinajstić information content (AvgIpc) is 2.82. The molecule has 0 radical (unpaired) electrons. The monoisotopic (exact) mass is 277 g/mol. The van der Waals surface area contributed by atoms with Gasteiger partial charge in [-0.15, -0.1) is 0 Å². The normalized spacial score (nSPS) is 19.3. The van der Waals surface area contributed by atoms with Gasteiger partial charge in [-0.2, -0.15) is 0 Å². The van der Waals surface area contributed by atoms with Crippen LogP contribution in [0.5, 0.6) is 0 Å². The largest absolute Gasteiger partial charge is 0.390 e. The Morgan fingerprint density at radius 2 is 1.81 bits per heavy atom. The molecule has 21 heavy (non-hydrogen) atoms. The van der Waals surface area contributed by atoms with Gasteiger partial charge >= 0.3 is 0 Å². The lowest BCUT2D eigenvalue weighted by Gasteiger charge is -2.15. The molecule has 3 rings (SSSR count). The predicted molar refractivity (Wildman–Crippen MR) is 80.4 cm³/mol. The Kier molecular flexibility index (Phi) is 3.72. The zero-order valence-corrected chi connectivity index (χ0v) is 11.4. The van der Waals surface area contributed by atoms with Gasteiger partial charge in [0.1, 0.15) is 0 Å². The number of fused-ring (bicyclic) bond motifs is 1. The lowest BCUT2D eigenvalue weighted by Crippen LogP contribution is -2.32. The SMILES string of the molecule is O=C(C#Cc1ccccc1)N[C@H]1c2ccccc2C[C@H]1O. The summed E-state index contributed by atoms with van der Waals surface area (Å²) in [6.45, 7) is 0. The van der Waals surface area contributed by atoms with Crippen molar-refractivity contribution in [2.45, 2.75) is 18.6 Å². The lowest BCUT2D eigenvalue weighted by molar-refractivity contribution is -0.117. The molecule has 1 aliphatic rings. The Morgan fingerprint density at radius 1 is 1.10 bits per heavy atom. The van der Waals surface area contributed by atoms with Crippen molar-refractivity contribution in [3.8, 4) is 11.8 Å². The molecule has 104 valence electrons. The van der Waals surface area contributed by atoms with Crippen molar-refractivity contribution in [1.29, 1.82) is 0 Å². The van der Waals surface area contributed by atoms with E-state index in [0.717, 1.165) is 16.7 Å². The van der Waals surface area contributed by atoms with Gasteiger partial charge in [-0.25, -0.2) is 0 Å². The minimum Gasteiger partial charge on any atom is -0.390 e. The molecule has 2 aromatic rings. The maximum Gasteiger partial charge on any atom is 0.296 e. The molecule has 0 heterocycles. The second-order valence-corrected chi connectivity index (χ2v) is 5.04. The molecule has 3 heteroatoms. The van der Waals surface area contributed by atoms with Gasteiger partial charge in [0.25, 0.3) is 5.91 Å². The standard InChI is InChI=1S/C18H15NO2/c20-16-12-14-8-4-5-9-15(14)18(16)19-17(21)11-10-13-6-2-1-3-7-13/h1-9,16,18,20H,12H2,(H,19,21)/t16-,18+/m1/s1. The Morgan fingerprint density at radius 3 is 2.62 bits per heavy atom. The summed E-state index contributed by atoms with van der Waals surface area (Å²) in [6.07, 6.45) is -0.0300. The zero-order valence-electron chi connectivity index (χ0n) is 11.4. The Balaban J connectivity index is 1.73. The fourth-order valence-corrected chi connectivity index (χ4v) is 2.58. The van der Waals surface area contributed by atoms with Crippen molar-refractivity contribution in [1.82, 2.24) is 5.32 Å². The molecule has 0 aliphatic heterocycles. The molecule has 1 amide bonds. The summed E-state index contributed by atoms with van der Waals surface area (Å²) in [5.41, 5.74) is 2.84. The molecular weight excluding hydrogens is 262 g/mol. The summed E-state index contributed by atoms with van der Waals surface area (Å²) in [7, 11) is 0. The van der Waals surface area contributed by atoms with Gasteiger partial charge in [0.05, 0.1) is 12.1 Å². The molecule has 0 bridgehead atoms. The molecule has 0 fully saturated rings. The topological polar surface area (TPSA) is 49.3 Å². The molecule has 0 unspecified atom stereocenters. The van der Waals surface area contributed by atoms with Gasteiger partial charge in [0.2, 0.25) is 0 Å². The number of aliphatic hydroxyl groups is 1. The lowest BCUT2D eigenvalue weighted by atomic mass is 10.1. The third kappa shape index (κ3) is 2.96. The minimum atomic E-state index is -0.593. The van der Waals surface area contributed by atoms with Crippen LogP contribution < -0.4 is 5.32 Å². The fourth-order valence-electron chi connectivity index (χ4n) is 2.58. The van der Waals surface area contributed by atoms with Crippen molar-refractivity contribution in [2.24, 2.45) is 0 Å². The fraction of sp³-hybridized carbons (Fsp3) is 0.167. The van der Waals surface area contributed by atoms with Crippen LogP contribution in [0.4, 0.5) is 0 Å². The van der Waals surface area contributed by atoms with E-state index in [0.29, 0.717) is 6.42 Å². The van der Waals surface area contributed by atoms with E-state index in [2.05, 4.69) is 17.2 Å². The van der Waals surface area contributed by atoms with E-state index in [1.165, 1.54) is 0 Å². The summed E-state index contributed by atoms with van der Waals surface area (Å²) in [5, 5.41) is 12.9. The van der Waals surface area contributed by atoms with E-state index in [9.17, 15) is 9.90 Å². The molecule has 0 saturated carbocycles. The van der Waals surface area contributed by atoms with Gasteiger partial charge in [0, 0.05) is 17.9 Å². The van der Waals surface area contributed by atoms with Crippen LogP contribution in [0.2, 0.25) is 0 Å². The summed E-state index contributed by atoms with van der Waals surface area (Å²) in [6, 6.07) is 16.7. The van der Waals surface area contributed by atoms with E-state index in [1.807, 2.05) is 54.6 Å². The predicted octanol–water partition coefficient (Wildman–Crippen LogP) is 1.81. The summed E-state index contributed by atoms with van der Waals surface area (Å²) >= 11 is 0. The number of benzene rings is 2. The van der Waals surface area contributed by atoms with Crippen LogP contribution in [0.25, 0.3) is 0 Å². The van der Waals surface area contributed by atoms with E-state index in [-0.39, 0.29) is 11.9 Å². The molecule has 2 atom stereocenters. The number of aliphatic hydroxyl groups excluding tert-OH is 1. The van der Waals surface area contributed by atoms with Crippen molar-refractivity contribution >= 4 is 5.91 Å². The van der Waals surface area contributed by atoms with E-state index >= 15 is 0 Å². The van der Waals surface area contributed by atoms with Gasteiger partial charge < -0.3 is 10.4 Å². The Hall–Kier alpha value is -2.57. The molecule has 0 aromatic heterocycles. The number of hydrogen-bond acceptors (Lipinski definition) is 2. The highest BCUT2D eigenvalue weighted by Crippen LogP contribution is 2.30. The maximum absolute atomic E-state index is 11.9. The third-order valence-electron chi connectivity index (χ3n) is 3.58. The van der Waals surface area contributed by atoms with Crippen LogP contribution in [-0.2, 0) is 11.2 Å². The maximum atomic E-state index is 11.9. The highest BCUT2D eigenvalue weighted by Gasteiger charge is 2.31. The first-order valence-corrected chi connectivity index (χ1v) is 6.87. The molecule has 2 aromatic carbocycles. The first-order valence-electron chi connectivity index (χ1n) is 6.87. The van der Waals surface area contributed by atoms with E-state index in [4.69, 9.17) is 0 Å². The average molecular weight is 277 g/mol. The van der Waals surface area contributed by atoms with Gasteiger partial charge in [-0.3, -0.25) is 4.79 Å². The zero-order chi connectivity index (χ0) is 14.7. The minimum absolute atomic E-state index is 0.375. The van der Waals surface area contributed by atoms with Gasteiger partial charge in [0.15, 0.2) is 0 Å². The highest BCUT2D eigenvalue weighted by molar-refractivity contribution is 5.94.